The van der Waals surface area contributed by atoms with E-state index in [0.717, 1.165) is 24.6 Å². The number of aryl methyl sites for hydroxylation is 1. The molecule has 1 aromatic carbocycles. The average Bonchev–Trinajstić information content (AvgIpc) is 3.33. The Bertz CT molecular complexity index is 590. The molecule has 0 unspecified atom stereocenters. The van der Waals surface area contributed by atoms with Gasteiger partial charge in [-0.25, -0.2) is 9.97 Å². The number of hydrogen-bond donors (Lipinski definition) is 1. The van der Waals surface area contributed by atoms with E-state index < -0.39 is 0 Å². The van der Waals surface area contributed by atoms with Crippen molar-refractivity contribution in [2.24, 2.45) is 0 Å². The number of aromatic nitrogens is 2. The van der Waals surface area contributed by atoms with Crippen LogP contribution in [0.1, 0.15) is 30.9 Å². The van der Waals surface area contributed by atoms with Crippen LogP contribution in [-0.2, 0) is 6.54 Å². The summed E-state index contributed by atoms with van der Waals surface area (Å²) in [6.07, 6.45) is 6.46. The molecule has 1 saturated carbocycles. The first-order valence-corrected chi connectivity index (χ1v) is 7.65. The minimum atomic E-state index is 0.712. The van der Waals surface area contributed by atoms with E-state index in [-0.39, 0.29) is 0 Å². The molecular weight excluding hydrogens is 260 g/mol. The molecule has 0 amide bonds. The van der Waals surface area contributed by atoms with Crippen LogP contribution >= 0.6 is 0 Å². The third-order valence-electron chi connectivity index (χ3n) is 3.83. The van der Waals surface area contributed by atoms with Crippen LogP contribution in [0.5, 0.6) is 0 Å². The number of nitrogens with one attached hydrogen (secondary N) is 1. The van der Waals surface area contributed by atoms with Crippen molar-refractivity contribution < 1.29 is 0 Å². The summed E-state index contributed by atoms with van der Waals surface area (Å²) < 4.78 is 0. The van der Waals surface area contributed by atoms with E-state index in [2.05, 4.69) is 58.3 Å². The van der Waals surface area contributed by atoms with Gasteiger partial charge in [0.15, 0.2) is 0 Å². The van der Waals surface area contributed by atoms with Crippen molar-refractivity contribution >= 4 is 11.6 Å². The highest BCUT2D eigenvalue weighted by atomic mass is 15.2. The van der Waals surface area contributed by atoms with Crippen LogP contribution in [0, 0.1) is 6.92 Å². The van der Waals surface area contributed by atoms with Crippen LogP contribution in [0.25, 0.3) is 0 Å². The van der Waals surface area contributed by atoms with Gasteiger partial charge in [-0.1, -0.05) is 18.2 Å². The van der Waals surface area contributed by atoms with Crippen molar-refractivity contribution in [1.82, 2.24) is 15.3 Å². The summed E-state index contributed by atoms with van der Waals surface area (Å²) in [7, 11) is 0. The van der Waals surface area contributed by atoms with Gasteiger partial charge in [-0.05, 0) is 38.3 Å². The maximum atomic E-state index is 4.54. The second-order valence-corrected chi connectivity index (χ2v) is 5.58. The number of rotatable bonds is 6. The van der Waals surface area contributed by atoms with Gasteiger partial charge in [0.1, 0.15) is 0 Å². The fraction of sp³-hybridized carbons (Fsp3) is 0.412. The molecular formula is C17H22N4. The van der Waals surface area contributed by atoms with E-state index in [1.807, 2.05) is 12.4 Å². The molecule has 1 heterocycles. The first kappa shape index (κ1) is 14.0. The molecule has 0 radical (unpaired) electrons. The lowest BCUT2D eigenvalue weighted by molar-refractivity contribution is 0.683. The molecule has 0 bridgehead atoms. The second kappa shape index (κ2) is 6.22. The molecule has 2 aromatic rings. The van der Waals surface area contributed by atoms with Crippen LogP contribution in [0.3, 0.4) is 0 Å². The van der Waals surface area contributed by atoms with Gasteiger partial charge in [0.05, 0.1) is 0 Å². The van der Waals surface area contributed by atoms with E-state index in [9.17, 15) is 0 Å². The Morgan fingerprint density at radius 2 is 1.90 bits per heavy atom. The topological polar surface area (TPSA) is 41.1 Å². The lowest BCUT2D eigenvalue weighted by atomic mass is 10.2. The second-order valence-electron chi connectivity index (χ2n) is 5.58. The average molecular weight is 282 g/mol. The SMILES string of the molecule is CCN(c1ncc(CNC2CC2)cn1)c1ccccc1C. The van der Waals surface area contributed by atoms with Gasteiger partial charge in [0, 0.05) is 42.8 Å². The first-order chi connectivity index (χ1) is 10.3. The number of hydrogen-bond acceptors (Lipinski definition) is 4. The smallest absolute Gasteiger partial charge is 0.229 e. The monoisotopic (exact) mass is 282 g/mol. The summed E-state index contributed by atoms with van der Waals surface area (Å²) in [6.45, 7) is 5.95. The molecule has 4 heteroatoms. The van der Waals surface area contributed by atoms with Gasteiger partial charge in [0.25, 0.3) is 0 Å². The minimum absolute atomic E-state index is 0.712. The quantitative estimate of drug-likeness (QED) is 0.883. The highest BCUT2D eigenvalue weighted by Gasteiger charge is 2.20. The van der Waals surface area contributed by atoms with Crippen LogP contribution in [0.15, 0.2) is 36.7 Å². The van der Waals surface area contributed by atoms with Crippen molar-refractivity contribution in [1.29, 1.82) is 0 Å². The third kappa shape index (κ3) is 3.39. The molecule has 0 atom stereocenters. The van der Waals surface area contributed by atoms with E-state index in [1.165, 1.54) is 24.1 Å². The van der Waals surface area contributed by atoms with E-state index >= 15 is 0 Å². The largest absolute Gasteiger partial charge is 0.311 e. The molecule has 1 fully saturated rings. The van der Waals surface area contributed by atoms with Gasteiger partial charge in [-0.3, -0.25) is 0 Å². The van der Waals surface area contributed by atoms with E-state index in [0.29, 0.717) is 6.04 Å². The van der Waals surface area contributed by atoms with Crippen LogP contribution in [-0.4, -0.2) is 22.6 Å². The maximum absolute atomic E-state index is 4.54. The zero-order valence-corrected chi connectivity index (χ0v) is 12.7. The highest BCUT2D eigenvalue weighted by molar-refractivity contribution is 5.61. The number of nitrogens with zero attached hydrogens (tertiary/aromatic N) is 3. The summed E-state index contributed by atoms with van der Waals surface area (Å²) in [6, 6.07) is 9.05. The van der Waals surface area contributed by atoms with Gasteiger partial charge in [0.2, 0.25) is 5.95 Å². The third-order valence-corrected chi connectivity index (χ3v) is 3.83. The predicted octanol–water partition coefficient (Wildman–Crippen LogP) is 3.20. The van der Waals surface area contributed by atoms with Crippen molar-refractivity contribution in [3.05, 3.63) is 47.8 Å². The Labute approximate surface area is 126 Å². The van der Waals surface area contributed by atoms with E-state index in [4.69, 9.17) is 0 Å². The molecule has 1 aliphatic rings. The van der Waals surface area contributed by atoms with Gasteiger partial charge < -0.3 is 10.2 Å². The standard InChI is InChI=1S/C17H22N4/c1-3-21(16-7-5-4-6-13(16)2)17-19-11-14(12-20-17)10-18-15-8-9-15/h4-7,11-12,15,18H,3,8-10H2,1-2H3. The van der Waals surface area contributed by atoms with Crippen LogP contribution in [0.2, 0.25) is 0 Å². The van der Waals surface area contributed by atoms with Gasteiger partial charge >= 0.3 is 0 Å². The fourth-order valence-corrected chi connectivity index (χ4v) is 2.41. The molecule has 110 valence electrons. The minimum Gasteiger partial charge on any atom is -0.311 e. The number of para-hydroxylation sites is 1. The predicted molar refractivity (Wildman–Crippen MR) is 85.8 cm³/mol. The van der Waals surface area contributed by atoms with Crippen molar-refractivity contribution in [2.75, 3.05) is 11.4 Å². The number of benzene rings is 1. The van der Waals surface area contributed by atoms with Gasteiger partial charge in [-0.15, -0.1) is 0 Å². The summed E-state index contributed by atoms with van der Waals surface area (Å²) in [5.74, 6) is 0.766. The Hall–Kier alpha value is -1.94. The van der Waals surface area contributed by atoms with E-state index in [1.54, 1.807) is 0 Å². The number of anilines is 2. The summed E-state index contributed by atoms with van der Waals surface area (Å²) in [5, 5.41) is 3.48. The maximum Gasteiger partial charge on any atom is 0.229 e. The Morgan fingerprint density at radius 3 is 2.52 bits per heavy atom. The van der Waals surface area contributed by atoms with Crippen LogP contribution in [0.4, 0.5) is 11.6 Å². The van der Waals surface area contributed by atoms with Gasteiger partial charge in [-0.2, -0.15) is 0 Å². The summed E-state index contributed by atoms with van der Waals surface area (Å²) in [5.41, 5.74) is 3.55. The Kier molecular flexibility index (Phi) is 4.15. The summed E-state index contributed by atoms with van der Waals surface area (Å²) in [4.78, 5) is 11.2. The lowest BCUT2D eigenvalue weighted by Crippen LogP contribution is -2.20. The molecule has 1 N–H and O–H groups in total. The van der Waals surface area contributed by atoms with Crippen molar-refractivity contribution in [3.8, 4) is 0 Å². The highest BCUT2D eigenvalue weighted by Crippen LogP contribution is 2.25. The molecule has 0 saturated heterocycles. The first-order valence-electron chi connectivity index (χ1n) is 7.65. The molecule has 4 nitrogen and oxygen atoms in total. The molecule has 1 aromatic heterocycles. The molecule has 0 aliphatic heterocycles. The Morgan fingerprint density at radius 1 is 1.19 bits per heavy atom. The molecule has 3 rings (SSSR count). The lowest BCUT2D eigenvalue weighted by Gasteiger charge is -2.22. The molecule has 0 spiro atoms. The zero-order valence-electron chi connectivity index (χ0n) is 12.7. The summed E-state index contributed by atoms with van der Waals surface area (Å²) >= 11 is 0. The van der Waals surface area contributed by atoms with Crippen molar-refractivity contribution in [3.63, 3.8) is 0 Å². The molecule has 21 heavy (non-hydrogen) atoms. The normalized spacial score (nSPS) is 14.2. The van der Waals surface area contributed by atoms with Crippen LogP contribution < -0.4 is 10.2 Å². The Balaban J connectivity index is 1.75. The molecule has 1 aliphatic carbocycles. The zero-order chi connectivity index (χ0) is 14.7. The van der Waals surface area contributed by atoms with Crippen molar-refractivity contribution in [2.45, 2.75) is 39.3 Å². The fourth-order valence-electron chi connectivity index (χ4n) is 2.41.